The Morgan fingerprint density at radius 1 is 1.50 bits per heavy atom. The molecule has 0 aromatic heterocycles. The third-order valence-corrected chi connectivity index (χ3v) is 1.80. The molecule has 16 heavy (non-hydrogen) atoms. The van der Waals surface area contributed by atoms with Gasteiger partial charge in [0, 0.05) is 7.05 Å². The van der Waals surface area contributed by atoms with E-state index in [4.69, 9.17) is 16.2 Å². The van der Waals surface area contributed by atoms with Crippen LogP contribution in [0.15, 0.2) is 4.99 Å². The number of amides is 1. The van der Waals surface area contributed by atoms with Crippen LogP contribution in [0.3, 0.4) is 0 Å². The second-order valence-electron chi connectivity index (χ2n) is 4.55. The van der Waals surface area contributed by atoms with Crippen LogP contribution in [0, 0.1) is 0 Å². The molecule has 6 heteroatoms. The molecule has 1 unspecified atom stereocenters. The van der Waals surface area contributed by atoms with Crippen LogP contribution in [0.4, 0.5) is 4.79 Å². The minimum Gasteiger partial charge on any atom is -0.444 e. The van der Waals surface area contributed by atoms with E-state index < -0.39 is 17.9 Å². The van der Waals surface area contributed by atoms with Crippen molar-refractivity contribution in [3.8, 4) is 0 Å². The minimum absolute atomic E-state index is 0.173. The van der Waals surface area contributed by atoms with Crippen molar-refractivity contribution in [1.29, 1.82) is 0 Å². The smallest absolute Gasteiger partial charge is 0.411 e. The Bertz CT molecular complexity index is 270. The zero-order chi connectivity index (χ0) is 12.9. The molecule has 0 aliphatic carbocycles. The van der Waals surface area contributed by atoms with Gasteiger partial charge in [0.15, 0.2) is 0 Å². The molecule has 0 heterocycles. The quantitative estimate of drug-likeness (QED) is 0.545. The van der Waals surface area contributed by atoms with Gasteiger partial charge in [-0.05, 0) is 27.7 Å². The molecular formula is C10H22N4O2. The van der Waals surface area contributed by atoms with Crippen molar-refractivity contribution in [2.75, 3.05) is 13.6 Å². The molecule has 0 radical (unpaired) electrons. The van der Waals surface area contributed by atoms with E-state index in [0.717, 1.165) is 0 Å². The van der Waals surface area contributed by atoms with E-state index in [9.17, 15) is 4.79 Å². The zero-order valence-corrected chi connectivity index (χ0v) is 10.7. The molecule has 0 aliphatic heterocycles. The highest BCUT2D eigenvalue weighted by Gasteiger charge is 2.22. The van der Waals surface area contributed by atoms with Gasteiger partial charge < -0.3 is 16.2 Å². The van der Waals surface area contributed by atoms with Gasteiger partial charge in [0.05, 0.1) is 6.54 Å². The van der Waals surface area contributed by atoms with E-state index >= 15 is 0 Å². The molecular weight excluding hydrogens is 208 g/mol. The van der Waals surface area contributed by atoms with Crippen LogP contribution in [-0.4, -0.2) is 42.2 Å². The molecule has 0 aliphatic rings. The van der Waals surface area contributed by atoms with Crippen molar-refractivity contribution in [1.82, 2.24) is 4.90 Å². The van der Waals surface area contributed by atoms with Gasteiger partial charge in [0.1, 0.15) is 17.6 Å². The van der Waals surface area contributed by atoms with Crippen LogP contribution in [0.2, 0.25) is 0 Å². The number of nitrogens with zero attached hydrogens (tertiary/aromatic N) is 2. The fraction of sp³-hybridized carbons (Fsp3) is 0.800. The maximum absolute atomic E-state index is 11.6. The van der Waals surface area contributed by atoms with Crippen molar-refractivity contribution in [3.05, 3.63) is 0 Å². The fourth-order valence-electron chi connectivity index (χ4n) is 0.866. The lowest BCUT2D eigenvalue weighted by molar-refractivity contribution is 0.0242. The lowest BCUT2D eigenvalue weighted by atomic mass is 10.2. The Kier molecular flexibility index (Phi) is 5.23. The molecule has 4 N–H and O–H groups in total. The van der Waals surface area contributed by atoms with Crippen LogP contribution < -0.4 is 11.5 Å². The molecule has 0 rings (SSSR count). The molecule has 0 saturated carbocycles. The number of hydrogen-bond acceptors (Lipinski definition) is 4. The van der Waals surface area contributed by atoms with Crippen molar-refractivity contribution in [2.45, 2.75) is 39.5 Å². The Morgan fingerprint density at radius 2 is 2.00 bits per heavy atom. The topological polar surface area (TPSA) is 93.9 Å². The van der Waals surface area contributed by atoms with E-state index in [-0.39, 0.29) is 6.54 Å². The summed E-state index contributed by atoms with van der Waals surface area (Å²) in [6, 6.07) is 0. The molecule has 0 aromatic carbocycles. The number of ether oxygens (including phenoxy) is 1. The molecule has 94 valence electrons. The van der Waals surface area contributed by atoms with E-state index in [2.05, 4.69) is 4.99 Å². The van der Waals surface area contributed by atoms with Gasteiger partial charge in [-0.1, -0.05) is 0 Å². The Labute approximate surface area is 96.6 Å². The first-order valence-corrected chi connectivity index (χ1v) is 5.15. The third kappa shape index (κ3) is 5.55. The van der Waals surface area contributed by atoms with Gasteiger partial charge in [-0.25, -0.2) is 9.79 Å². The summed E-state index contributed by atoms with van der Waals surface area (Å²) in [5.41, 5.74) is 10.3. The van der Waals surface area contributed by atoms with Crippen LogP contribution in [0.5, 0.6) is 0 Å². The molecule has 0 aromatic rings. The molecule has 0 saturated heterocycles. The fourth-order valence-corrected chi connectivity index (χ4v) is 0.866. The van der Waals surface area contributed by atoms with Gasteiger partial charge in [-0.2, -0.15) is 0 Å². The Hall–Kier alpha value is -1.30. The first-order chi connectivity index (χ1) is 7.17. The molecule has 0 spiro atoms. The molecule has 0 fully saturated rings. The summed E-state index contributed by atoms with van der Waals surface area (Å²) in [6.45, 7) is 7.34. The Balaban J connectivity index is 4.44. The van der Waals surface area contributed by atoms with Gasteiger partial charge in [0.2, 0.25) is 0 Å². The maximum Gasteiger partial charge on any atom is 0.411 e. The molecule has 6 nitrogen and oxygen atoms in total. The van der Waals surface area contributed by atoms with E-state index in [1.165, 1.54) is 4.90 Å². The summed E-state index contributed by atoms with van der Waals surface area (Å²) in [5, 5.41) is 0. The Morgan fingerprint density at radius 3 is 2.38 bits per heavy atom. The third-order valence-electron chi connectivity index (χ3n) is 1.80. The highest BCUT2D eigenvalue weighted by Crippen LogP contribution is 2.10. The number of carbonyl (C=O) groups excluding carboxylic acids is 1. The lowest BCUT2D eigenvalue weighted by Gasteiger charge is -2.27. The summed E-state index contributed by atoms with van der Waals surface area (Å²) in [6.07, 6.45) is -0.827. The first-order valence-electron chi connectivity index (χ1n) is 5.15. The number of hydrogen-bond donors (Lipinski definition) is 2. The number of amidine groups is 1. The standard InChI is InChI=1S/C10H22N4O2/c1-7(13-8(12)6-11)14(5)9(15)16-10(2,3)4/h7H,6,11H2,1-5H3,(H2,12,13). The number of carbonyl (C=O) groups is 1. The largest absolute Gasteiger partial charge is 0.444 e. The zero-order valence-electron chi connectivity index (χ0n) is 10.7. The summed E-state index contributed by atoms with van der Waals surface area (Å²) in [4.78, 5) is 17.0. The van der Waals surface area contributed by atoms with Crippen LogP contribution in [-0.2, 0) is 4.74 Å². The minimum atomic E-state index is -0.520. The van der Waals surface area contributed by atoms with Crippen molar-refractivity contribution in [3.63, 3.8) is 0 Å². The van der Waals surface area contributed by atoms with E-state index in [1.54, 1.807) is 34.7 Å². The average Bonchev–Trinajstić information content (AvgIpc) is 2.13. The normalized spacial score (nSPS) is 14.5. The van der Waals surface area contributed by atoms with Gasteiger partial charge in [-0.15, -0.1) is 0 Å². The van der Waals surface area contributed by atoms with Crippen LogP contribution >= 0.6 is 0 Å². The van der Waals surface area contributed by atoms with Gasteiger partial charge >= 0.3 is 6.09 Å². The molecule has 0 bridgehead atoms. The molecule has 1 atom stereocenters. The predicted octanol–water partition coefficient (Wildman–Crippen LogP) is 0.515. The maximum atomic E-state index is 11.6. The van der Waals surface area contributed by atoms with E-state index in [0.29, 0.717) is 5.84 Å². The second kappa shape index (κ2) is 5.69. The monoisotopic (exact) mass is 230 g/mol. The number of nitrogens with two attached hydrogens (primary N) is 2. The average molecular weight is 230 g/mol. The highest BCUT2D eigenvalue weighted by atomic mass is 16.6. The number of aliphatic imine (C=N–C) groups is 1. The summed E-state index contributed by atoms with van der Waals surface area (Å²) < 4.78 is 5.18. The summed E-state index contributed by atoms with van der Waals surface area (Å²) >= 11 is 0. The van der Waals surface area contributed by atoms with Crippen LogP contribution in [0.25, 0.3) is 0 Å². The van der Waals surface area contributed by atoms with Gasteiger partial charge in [0.25, 0.3) is 0 Å². The SMILES string of the molecule is CC(N=C(N)CN)N(C)C(=O)OC(C)(C)C. The highest BCUT2D eigenvalue weighted by molar-refractivity contribution is 5.82. The van der Waals surface area contributed by atoms with Crippen LogP contribution in [0.1, 0.15) is 27.7 Å². The lowest BCUT2D eigenvalue weighted by Crippen LogP contribution is -2.40. The number of rotatable bonds is 3. The summed E-state index contributed by atoms with van der Waals surface area (Å²) in [7, 11) is 1.60. The van der Waals surface area contributed by atoms with Crippen molar-refractivity contribution < 1.29 is 9.53 Å². The summed E-state index contributed by atoms with van der Waals surface area (Å²) in [5.74, 6) is 0.308. The van der Waals surface area contributed by atoms with Crippen molar-refractivity contribution in [2.24, 2.45) is 16.5 Å². The second-order valence-corrected chi connectivity index (χ2v) is 4.55. The predicted molar refractivity (Wildman–Crippen MR) is 64.1 cm³/mol. The van der Waals surface area contributed by atoms with E-state index in [1.807, 2.05) is 0 Å². The van der Waals surface area contributed by atoms with Gasteiger partial charge in [-0.3, -0.25) is 4.90 Å². The van der Waals surface area contributed by atoms with Crippen molar-refractivity contribution >= 4 is 11.9 Å². The molecule has 1 amide bonds. The first kappa shape index (κ1) is 14.7.